The molecule has 1 unspecified atom stereocenters. The summed E-state index contributed by atoms with van der Waals surface area (Å²) in [7, 11) is 0. The van der Waals surface area contributed by atoms with Crippen molar-refractivity contribution in [1.29, 1.82) is 0 Å². The molecule has 2 heterocycles. The molecule has 1 aliphatic rings. The minimum atomic E-state index is -0.960. The second-order valence-electron chi connectivity index (χ2n) is 6.91. The van der Waals surface area contributed by atoms with Crippen LogP contribution in [0.15, 0.2) is 30.5 Å². The van der Waals surface area contributed by atoms with Gasteiger partial charge in [0.1, 0.15) is 0 Å². The largest absolute Gasteiger partial charge is 0.481 e. The molecule has 144 valence electrons. The molecule has 27 heavy (non-hydrogen) atoms. The molecule has 1 atom stereocenters. The van der Waals surface area contributed by atoms with E-state index in [1.807, 2.05) is 42.8 Å². The van der Waals surface area contributed by atoms with E-state index in [0.29, 0.717) is 18.8 Å². The summed E-state index contributed by atoms with van der Waals surface area (Å²) in [5, 5.41) is 16.6. The summed E-state index contributed by atoms with van der Waals surface area (Å²) in [6.07, 6.45) is 3.13. The molecule has 0 saturated carbocycles. The van der Waals surface area contributed by atoms with Crippen LogP contribution >= 0.6 is 0 Å². The summed E-state index contributed by atoms with van der Waals surface area (Å²) in [5.74, 6) is -1.27. The van der Waals surface area contributed by atoms with Crippen molar-refractivity contribution in [2.45, 2.75) is 45.2 Å². The third kappa shape index (κ3) is 4.36. The number of amides is 1. The van der Waals surface area contributed by atoms with Crippen LogP contribution in [0.2, 0.25) is 0 Å². The Labute approximate surface area is 158 Å². The van der Waals surface area contributed by atoms with Crippen LogP contribution in [0, 0.1) is 13.8 Å². The minimum absolute atomic E-state index is 0.177. The molecule has 1 aromatic heterocycles. The highest BCUT2D eigenvalue weighted by molar-refractivity contribution is 5.95. The molecule has 0 aliphatic carbocycles. The van der Waals surface area contributed by atoms with Crippen LogP contribution < -0.4 is 5.32 Å². The van der Waals surface area contributed by atoms with Crippen LogP contribution in [-0.2, 0) is 9.53 Å². The molecule has 0 radical (unpaired) electrons. The summed E-state index contributed by atoms with van der Waals surface area (Å²) in [6.45, 7) is 5.17. The van der Waals surface area contributed by atoms with Crippen molar-refractivity contribution >= 4 is 11.9 Å². The fourth-order valence-corrected chi connectivity index (χ4v) is 3.57. The Bertz CT molecular complexity index is 824. The van der Waals surface area contributed by atoms with Gasteiger partial charge in [-0.2, -0.15) is 5.10 Å². The van der Waals surface area contributed by atoms with Crippen LogP contribution in [0.3, 0.4) is 0 Å². The third-order valence-electron chi connectivity index (χ3n) is 5.07. The second kappa shape index (κ2) is 8.35. The molecule has 2 aromatic rings. The van der Waals surface area contributed by atoms with Crippen LogP contribution in [0.25, 0.3) is 0 Å². The Kier molecular flexibility index (Phi) is 5.91. The molecule has 1 aliphatic heterocycles. The van der Waals surface area contributed by atoms with Gasteiger partial charge >= 0.3 is 5.97 Å². The van der Waals surface area contributed by atoms with Gasteiger partial charge in [-0.1, -0.05) is 24.3 Å². The van der Waals surface area contributed by atoms with Gasteiger partial charge in [-0.05, 0) is 37.8 Å². The van der Waals surface area contributed by atoms with E-state index in [0.717, 1.165) is 29.7 Å². The lowest BCUT2D eigenvalue weighted by atomic mass is 9.98. The highest BCUT2D eigenvalue weighted by Crippen LogP contribution is 2.25. The zero-order valence-corrected chi connectivity index (χ0v) is 15.6. The van der Waals surface area contributed by atoms with Gasteiger partial charge in [0.2, 0.25) is 0 Å². The van der Waals surface area contributed by atoms with Gasteiger partial charge in [-0.15, -0.1) is 0 Å². The van der Waals surface area contributed by atoms with Crippen molar-refractivity contribution < 1.29 is 19.4 Å². The lowest BCUT2D eigenvalue weighted by Crippen LogP contribution is -2.31. The van der Waals surface area contributed by atoms with Crippen molar-refractivity contribution in [3.05, 3.63) is 52.8 Å². The van der Waals surface area contributed by atoms with Crippen LogP contribution in [-0.4, -0.2) is 40.0 Å². The first-order valence-corrected chi connectivity index (χ1v) is 9.17. The average Bonchev–Trinajstić information content (AvgIpc) is 3.03. The molecule has 7 heteroatoms. The molecule has 0 bridgehead atoms. The number of nitrogens with one attached hydrogen (secondary N) is 1. The van der Waals surface area contributed by atoms with Crippen molar-refractivity contribution in [2.75, 3.05) is 13.2 Å². The van der Waals surface area contributed by atoms with E-state index in [1.54, 1.807) is 6.20 Å². The van der Waals surface area contributed by atoms with E-state index in [4.69, 9.17) is 4.74 Å². The molecule has 2 N–H and O–H groups in total. The standard InChI is InChI=1S/C20H25N3O4/c1-13-5-3-4-6-16(13)18(11-19(24)25)22-20(26)17-12-21-23(14(17)2)15-7-9-27-10-8-15/h3-6,12,15,18H,7-11H2,1-2H3,(H,22,26)(H,24,25). The number of ether oxygens (including phenoxy) is 1. The molecule has 3 rings (SSSR count). The maximum absolute atomic E-state index is 12.9. The highest BCUT2D eigenvalue weighted by atomic mass is 16.5. The van der Waals surface area contributed by atoms with Gasteiger partial charge < -0.3 is 15.2 Å². The number of carboxylic acid groups (broad SMARTS) is 1. The first-order valence-electron chi connectivity index (χ1n) is 9.17. The predicted octanol–water partition coefficient (Wildman–Crippen LogP) is 2.80. The van der Waals surface area contributed by atoms with E-state index >= 15 is 0 Å². The molecule has 1 amide bonds. The first kappa shape index (κ1) is 19.1. The summed E-state index contributed by atoms with van der Waals surface area (Å²) >= 11 is 0. The number of hydrogen-bond donors (Lipinski definition) is 2. The number of nitrogens with zero attached hydrogens (tertiary/aromatic N) is 2. The van der Waals surface area contributed by atoms with E-state index in [2.05, 4.69) is 10.4 Å². The van der Waals surface area contributed by atoms with Crippen LogP contribution in [0.4, 0.5) is 0 Å². The maximum atomic E-state index is 12.9. The summed E-state index contributed by atoms with van der Waals surface area (Å²) in [4.78, 5) is 24.2. The van der Waals surface area contributed by atoms with Crippen molar-refractivity contribution in [2.24, 2.45) is 0 Å². The first-order chi connectivity index (χ1) is 13.0. The number of benzene rings is 1. The fraction of sp³-hybridized carbons (Fsp3) is 0.450. The molecular weight excluding hydrogens is 346 g/mol. The average molecular weight is 371 g/mol. The van der Waals surface area contributed by atoms with Crippen molar-refractivity contribution in [3.63, 3.8) is 0 Å². The number of carbonyl (C=O) groups is 2. The summed E-state index contributed by atoms with van der Waals surface area (Å²) in [6, 6.07) is 7.12. The quantitative estimate of drug-likeness (QED) is 0.814. The number of hydrogen-bond acceptors (Lipinski definition) is 4. The number of aromatic nitrogens is 2. The maximum Gasteiger partial charge on any atom is 0.305 e. The lowest BCUT2D eigenvalue weighted by Gasteiger charge is -2.24. The van der Waals surface area contributed by atoms with Gasteiger partial charge in [-0.25, -0.2) is 0 Å². The second-order valence-corrected chi connectivity index (χ2v) is 6.91. The Morgan fingerprint density at radius 1 is 1.30 bits per heavy atom. The third-order valence-corrected chi connectivity index (χ3v) is 5.07. The molecule has 0 spiro atoms. The number of rotatable bonds is 6. The fourth-order valence-electron chi connectivity index (χ4n) is 3.57. The van der Waals surface area contributed by atoms with E-state index in [1.165, 1.54) is 0 Å². The highest BCUT2D eigenvalue weighted by Gasteiger charge is 2.25. The Hall–Kier alpha value is -2.67. The SMILES string of the molecule is Cc1ccccc1C(CC(=O)O)NC(=O)c1cnn(C2CCOCC2)c1C. The summed E-state index contributed by atoms with van der Waals surface area (Å²) in [5.41, 5.74) is 3.02. The number of aryl methyl sites for hydroxylation is 1. The number of carboxylic acids is 1. The van der Waals surface area contributed by atoms with E-state index < -0.39 is 12.0 Å². The van der Waals surface area contributed by atoms with Gasteiger partial charge in [0.15, 0.2) is 0 Å². The predicted molar refractivity (Wildman–Crippen MR) is 99.7 cm³/mol. The summed E-state index contributed by atoms with van der Waals surface area (Å²) < 4.78 is 7.28. The zero-order chi connectivity index (χ0) is 19.4. The molecule has 1 saturated heterocycles. The monoisotopic (exact) mass is 371 g/mol. The number of aliphatic carboxylic acids is 1. The van der Waals surface area contributed by atoms with Gasteiger partial charge in [0.25, 0.3) is 5.91 Å². The Morgan fingerprint density at radius 2 is 2.00 bits per heavy atom. The van der Waals surface area contributed by atoms with E-state index in [-0.39, 0.29) is 18.4 Å². The molecule has 1 aromatic carbocycles. The van der Waals surface area contributed by atoms with Crippen molar-refractivity contribution in [3.8, 4) is 0 Å². The Morgan fingerprint density at radius 3 is 2.67 bits per heavy atom. The minimum Gasteiger partial charge on any atom is -0.481 e. The van der Waals surface area contributed by atoms with Gasteiger partial charge in [0.05, 0.1) is 30.3 Å². The molecule has 1 fully saturated rings. The topological polar surface area (TPSA) is 93.5 Å². The van der Waals surface area contributed by atoms with E-state index in [9.17, 15) is 14.7 Å². The lowest BCUT2D eigenvalue weighted by molar-refractivity contribution is -0.137. The zero-order valence-electron chi connectivity index (χ0n) is 15.6. The van der Waals surface area contributed by atoms with Crippen LogP contribution in [0.1, 0.15) is 58.5 Å². The number of carbonyl (C=O) groups excluding carboxylic acids is 1. The Balaban J connectivity index is 1.81. The smallest absolute Gasteiger partial charge is 0.305 e. The van der Waals surface area contributed by atoms with Crippen LogP contribution in [0.5, 0.6) is 0 Å². The molecule has 7 nitrogen and oxygen atoms in total. The van der Waals surface area contributed by atoms with Crippen molar-refractivity contribution in [1.82, 2.24) is 15.1 Å². The molecular formula is C20H25N3O4. The normalized spacial score (nSPS) is 16.1. The van der Waals surface area contributed by atoms with Gasteiger partial charge in [0, 0.05) is 18.9 Å². The van der Waals surface area contributed by atoms with Gasteiger partial charge in [-0.3, -0.25) is 14.3 Å².